The molecule has 0 saturated heterocycles. The van der Waals surface area contributed by atoms with E-state index in [9.17, 15) is 0 Å². The van der Waals surface area contributed by atoms with E-state index in [0.717, 1.165) is 29.2 Å². The molecular weight excluding hydrogens is 214 g/mol. The van der Waals surface area contributed by atoms with E-state index >= 15 is 0 Å². The van der Waals surface area contributed by atoms with Gasteiger partial charge in [-0.2, -0.15) is 0 Å². The fraction of sp³-hybridized carbons (Fsp3) is 0.769. The monoisotopic (exact) mass is 233 g/mol. The fourth-order valence-corrected chi connectivity index (χ4v) is 5.05. The maximum absolute atomic E-state index is 5.94. The molecule has 1 heterocycles. The topological polar surface area (TPSA) is 78.1 Å². The Labute approximate surface area is 101 Å². The quantitative estimate of drug-likeness (QED) is 0.780. The molecule has 5 rings (SSSR count). The van der Waals surface area contributed by atoms with Crippen LogP contribution in [0, 0.1) is 23.7 Å². The van der Waals surface area contributed by atoms with Crippen LogP contribution in [0.1, 0.15) is 43.6 Å². The molecule has 4 N–H and O–H groups in total. The zero-order chi connectivity index (χ0) is 11.6. The predicted molar refractivity (Wildman–Crippen MR) is 65.1 cm³/mol. The summed E-state index contributed by atoms with van der Waals surface area (Å²) in [6, 6.07) is 0. The highest BCUT2D eigenvalue weighted by molar-refractivity contribution is 5.54. The molecule has 0 aliphatic heterocycles. The van der Waals surface area contributed by atoms with E-state index < -0.39 is 0 Å². The Morgan fingerprint density at radius 2 is 1.53 bits per heavy atom. The average molecular weight is 233 g/mol. The Morgan fingerprint density at radius 3 is 2.00 bits per heavy atom. The molecule has 4 fully saturated rings. The van der Waals surface area contributed by atoms with Crippen molar-refractivity contribution >= 4 is 11.7 Å². The molecule has 0 aromatic carbocycles. The van der Waals surface area contributed by atoms with Gasteiger partial charge >= 0.3 is 0 Å². The molecule has 1 aromatic heterocycles. The lowest BCUT2D eigenvalue weighted by Crippen LogP contribution is -2.44. The lowest BCUT2D eigenvalue weighted by molar-refractivity contribution is -0.00245. The molecule has 4 aliphatic rings. The van der Waals surface area contributed by atoms with Crippen LogP contribution >= 0.6 is 0 Å². The third kappa shape index (κ3) is 1.27. The van der Waals surface area contributed by atoms with Gasteiger partial charge in [-0.15, -0.1) is 0 Å². The van der Waals surface area contributed by atoms with Crippen molar-refractivity contribution in [3.63, 3.8) is 0 Å². The summed E-state index contributed by atoms with van der Waals surface area (Å²) in [6.45, 7) is 0. The highest BCUT2D eigenvalue weighted by Crippen LogP contribution is 2.61. The van der Waals surface area contributed by atoms with Crippen molar-refractivity contribution in [1.29, 1.82) is 0 Å². The molecule has 4 heteroatoms. The second kappa shape index (κ2) is 3.18. The molecule has 0 radical (unpaired) electrons. The number of nitrogen functional groups attached to an aromatic ring is 2. The Morgan fingerprint density at radius 1 is 0.941 bits per heavy atom. The summed E-state index contributed by atoms with van der Waals surface area (Å²) in [4.78, 5) is 0. The minimum atomic E-state index is 0.458. The molecule has 17 heavy (non-hydrogen) atoms. The van der Waals surface area contributed by atoms with Crippen molar-refractivity contribution < 1.29 is 4.52 Å². The smallest absolute Gasteiger partial charge is 0.227 e. The first kappa shape index (κ1) is 9.80. The maximum Gasteiger partial charge on any atom is 0.227 e. The van der Waals surface area contributed by atoms with Crippen molar-refractivity contribution in [2.24, 2.45) is 23.7 Å². The molecule has 0 spiro atoms. The summed E-state index contributed by atoms with van der Waals surface area (Å²) in [5.41, 5.74) is 12.9. The largest absolute Gasteiger partial charge is 0.381 e. The molecule has 4 aliphatic carbocycles. The molecule has 4 nitrogen and oxygen atoms in total. The number of rotatable bonds is 1. The van der Waals surface area contributed by atoms with E-state index in [0.29, 0.717) is 17.6 Å². The summed E-state index contributed by atoms with van der Waals surface area (Å²) in [7, 11) is 0. The average Bonchev–Trinajstić information content (AvgIpc) is 2.59. The van der Waals surface area contributed by atoms with E-state index in [-0.39, 0.29) is 0 Å². The number of hydrogen-bond acceptors (Lipinski definition) is 4. The van der Waals surface area contributed by atoms with Gasteiger partial charge in [-0.3, -0.25) is 0 Å². The standard InChI is InChI=1S/C13H19N3O/c14-12-11(13(15)17-16-12)10-8-2-6-1-7(4-8)5-9(10)3-6/h6-10H,1-5,15H2,(H2,14,16). The lowest BCUT2D eigenvalue weighted by atomic mass is 9.51. The van der Waals surface area contributed by atoms with Crippen molar-refractivity contribution in [3.05, 3.63) is 5.56 Å². The molecule has 1 aromatic rings. The van der Waals surface area contributed by atoms with E-state index in [1.54, 1.807) is 0 Å². The van der Waals surface area contributed by atoms with E-state index in [2.05, 4.69) is 5.16 Å². The summed E-state index contributed by atoms with van der Waals surface area (Å²) < 4.78 is 5.05. The minimum absolute atomic E-state index is 0.458. The zero-order valence-corrected chi connectivity index (χ0v) is 9.93. The van der Waals surface area contributed by atoms with Gasteiger partial charge in [0.1, 0.15) is 0 Å². The van der Waals surface area contributed by atoms with Crippen LogP contribution in [0.3, 0.4) is 0 Å². The van der Waals surface area contributed by atoms with Crippen LogP contribution in [0.25, 0.3) is 0 Å². The molecule has 92 valence electrons. The predicted octanol–water partition coefficient (Wildman–Crippen LogP) is 2.38. The second-order valence-electron chi connectivity index (χ2n) is 6.30. The number of aromatic nitrogens is 1. The summed E-state index contributed by atoms with van der Waals surface area (Å²) >= 11 is 0. The van der Waals surface area contributed by atoms with Crippen LogP contribution in [0.5, 0.6) is 0 Å². The molecular formula is C13H19N3O. The summed E-state index contributed by atoms with van der Waals surface area (Å²) in [6.07, 6.45) is 6.92. The first-order chi connectivity index (χ1) is 8.22. The Balaban J connectivity index is 1.75. The fourth-order valence-electron chi connectivity index (χ4n) is 5.05. The van der Waals surface area contributed by atoms with Crippen molar-refractivity contribution in [2.75, 3.05) is 11.5 Å². The van der Waals surface area contributed by atoms with E-state index in [4.69, 9.17) is 16.0 Å². The first-order valence-corrected chi connectivity index (χ1v) is 6.73. The van der Waals surface area contributed by atoms with E-state index in [1.807, 2.05) is 0 Å². The van der Waals surface area contributed by atoms with Gasteiger partial charge in [0.05, 0.1) is 5.56 Å². The lowest BCUT2D eigenvalue weighted by Gasteiger charge is -2.54. The molecule has 4 saturated carbocycles. The highest BCUT2D eigenvalue weighted by atomic mass is 16.5. The van der Waals surface area contributed by atoms with Gasteiger partial charge in [-0.05, 0) is 61.7 Å². The van der Waals surface area contributed by atoms with Crippen LogP contribution < -0.4 is 11.5 Å². The van der Waals surface area contributed by atoms with Gasteiger partial charge in [0.2, 0.25) is 5.88 Å². The van der Waals surface area contributed by atoms with Crippen LogP contribution in [0.15, 0.2) is 4.52 Å². The van der Waals surface area contributed by atoms with Crippen LogP contribution in [-0.4, -0.2) is 5.16 Å². The van der Waals surface area contributed by atoms with Gasteiger partial charge in [0, 0.05) is 0 Å². The molecule has 4 bridgehead atoms. The normalized spacial score (nSPS) is 43.2. The van der Waals surface area contributed by atoms with E-state index in [1.165, 1.54) is 32.1 Å². The Kier molecular flexibility index (Phi) is 1.83. The third-order valence-electron chi connectivity index (χ3n) is 5.34. The maximum atomic E-state index is 5.94. The Hall–Kier alpha value is -1.19. The Bertz CT molecular complexity index is 406. The third-order valence-corrected chi connectivity index (χ3v) is 5.34. The zero-order valence-electron chi connectivity index (χ0n) is 9.93. The van der Waals surface area contributed by atoms with Crippen LogP contribution in [0.4, 0.5) is 11.7 Å². The van der Waals surface area contributed by atoms with Gasteiger partial charge in [-0.25, -0.2) is 0 Å². The van der Waals surface area contributed by atoms with Crippen molar-refractivity contribution in [3.8, 4) is 0 Å². The van der Waals surface area contributed by atoms with Gasteiger partial charge in [0.25, 0.3) is 0 Å². The minimum Gasteiger partial charge on any atom is -0.381 e. The van der Waals surface area contributed by atoms with Gasteiger partial charge in [0.15, 0.2) is 5.82 Å². The number of anilines is 2. The first-order valence-electron chi connectivity index (χ1n) is 6.73. The number of nitrogens with zero attached hydrogens (tertiary/aromatic N) is 1. The highest BCUT2D eigenvalue weighted by Gasteiger charge is 2.50. The molecule has 0 amide bonds. The molecule has 0 atom stereocenters. The SMILES string of the molecule is Nc1noc(N)c1C1C2CC3CC(C2)CC1C3. The van der Waals surface area contributed by atoms with Crippen molar-refractivity contribution in [1.82, 2.24) is 5.16 Å². The summed E-state index contributed by atoms with van der Waals surface area (Å²) in [5.74, 6) is 4.99. The van der Waals surface area contributed by atoms with Gasteiger partial charge in [-0.1, -0.05) is 5.16 Å². The second-order valence-corrected chi connectivity index (χ2v) is 6.30. The number of hydrogen-bond donors (Lipinski definition) is 2. The van der Waals surface area contributed by atoms with Crippen LogP contribution in [-0.2, 0) is 0 Å². The van der Waals surface area contributed by atoms with Crippen molar-refractivity contribution in [2.45, 2.75) is 38.0 Å². The van der Waals surface area contributed by atoms with Gasteiger partial charge < -0.3 is 16.0 Å². The summed E-state index contributed by atoms with van der Waals surface area (Å²) in [5, 5.41) is 3.83. The number of nitrogens with two attached hydrogens (primary N) is 2. The van der Waals surface area contributed by atoms with Crippen LogP contribution in [0.2, 0.25) is 0 Å². The molecule has 0 unspecified atom stereocenters.